The topological polar surface area (TPSA) is 67.5 Å². The Morgan fingerprint density at radius 1 is 1.21 bits per heavy atom. The van der Waals surface area contributed by atoms with E-state index < -0.39 is 6.03 Å². The minimum Gasteiger partial charge on any atom is -0.350 e. The molecule has 0 aliphatic heterocycles. The number of amides is 2. The lowest BCUT2D eigenvalue weighted by molar-refractivity contribution is 0.249. The minimum atomic E-state index is -0.580. The summed E-state index contributed by atoms with van der Waals surface area (Å²) in [4.78, 5) is 10.8. The second kappa shape index (κ2) is 6.92. The van der Waals surface area contributed by atoms with E-state index in [1.807, 2.05) is 6.92 Å². The Morgan fingerprint density at radius 2 is 1.79 bits per heavy atom. The first-order valence-electron chi connectivity index (χ1n) is 7.63. The number of urea groups is 1. The fraction of sp³-hybridized carbons (Fsp3) is 0.867. The lowest BCUT2D eigenvalue weighted by atomic mass is 9.89. The molecule has 110 valence electrons. The summed E-state index contributed by atoms with van der Waals surface area (Å²) in [7, 11) is 0. The predicted octanol–water partition coefficient (Wildman–Crippen LogP) is 3.66. The quantitative estimate of drug-likeness (QED) is 0.511. The van der Waals surface area contributed by atoms with Crippen molar-refractivity contribution in [3.05, 3.63) is 0 Å². The van der Waals surface area contributed by atoms with E-state index in [4.69, 9.17) is 5.73 Å². The number of primary amides is 1. The molecule has 1 fully saturated rings. The molecule has 4 heteroatoms. The van der Waals surface area contributed by atoms with Crippen LogP contribution in [0.15, 0.2) is 5.10 Å². The molecule has 0 spiro atoms. The Labute approximate surface area is 117 Å². The van der Waals surface area contributed by atoms with E-state index in [1.54, 1.807) is 0 Å². The summed E-state index contributed by atoms with van der Waals surface area (Å²) in [6.45, 7) is 8.77. The van der Waals surface area contributed by atoms with Gasteiger partial charge in [0.05, 0.1) is 0 Å². The number of rotatable bonds is 8. The Morgan fingerprint density at radius 3 is 2.21 bits per heavy atom. The fourth-order valence-corrected chi connectivity index (χ4v) is 4.00. The maximum atomic E-state index is 10.8. The SMILES string of the molecule is CCC[C@H]1[C@H](C(C)=NNC(N)=O)C1(CCC)CCC. The van der Waals surface area contributed by atoms with Gasteiger partial charge < -0.3 is 5.73 Å². The molecule has 0 aromatic rings. The van der Waals surface area contributed by atoms with Gasteiger partial charge in [-0.1, -0.05) is 40.0 Å². The van der Waals surface area contributed by atoms with E-state index in [2.05, 4.69) is 31.3 Å². The zero-order valence-corrected chi connectivity index (χ0v) is 12.8. The van der Waals surface area contributed by atoms with Crippen LogP contribution in [0.1, 0.15) is 66.2 Å². The number of hydrogen-bond donors (Lipinski definition) is 2. The van der Waals surface area contributed by atoms with Gasteiger partial charge in [0.2, 0.25) is 0 Å². The standard InChI is InChI=1S/C15H29N3O/c1-5-8-12-13(11(4)17-18-14(16)19)15(12,9-6-2)10-7-3/h12-13H,5-10H2,1-4H3,(H3,16,18,19)/t12-,13-/m0/s1. The molecule has 1 aliphatic carbocycles. The molecule has 0 unspecified atom stereocenters. The highest BCUT2D eigenvalue weighted by Gasteiger charge is 2.62. The van der Waals surface area contributed by atoms with E-state index in [0.29, 0.717) is 11.3 Å². The molecule has 0 aromatic heterocycles. The van der Waals surface area contributed by atoms with Crippen molar-refractivity contribution in [3.8, 4) is 0 Å². The van der Waals surface area contributed by atoms with Crippen molar-refractivity contribution in [1.29, 1.82) is 0 Å². The zero-order valence-electron chi connectivity index (χ0n) is 12.8. The normalized spacial score (nSPS) is 25.2. The second-order valence-electron chi connectivity index (χ2n) is 5.84. The molecule has 2 amide bonds. The van der Waals surface area contributed by atoms with Crippen LogP contribution in [0, 0.1) is 17.3 Å². The van der Waals surface area contributed by atoms with Gasteiger partial charge in [-0.05, 0) is 37.5 Å². The van der Waals surface area contributed by atoms with Crippen LogP contribution in [0.3, 0.4) is 0 Å². The average molecular weight is 267 g/mol. The summed E-state index contributed by atoms with van der Waals surface area (Å²) in [5.41, 5.74) is 8.92. The van der Waals surface area contributed by atoms with Crippen LogP contribution in [0.5, 0.6) is 0 Å². The molecule has 19 heavy (non-hydrogen) atoms. The molecule has 4 nitrogen and oxygen atoms in total. The van der Waals surface area contributed by atoms with Crippen LogP contribution in [0.25, 0.3) is 0 Å². The maximum absolute atomic E-state index is 10.8. The molecular formula is C15H29N3O. The summed E-state index contributed by atoms with van der Waals surface area (Å²) in [6, 6.07) is -0.580. The van der Waals surface area contributed by atoms with Gasteiger partial charge in [0, 0.05) is 11.6 Å². The van der Waals surface area contributed by atoms with Gasteiger partial charge in [-0.15, -0.1) is 0 Å². The Bertz CT molecular complexity index is 332. The Balaban J connectivity index is 2.83. The lowest BCUT2D eigenvalue weighted by Gasteiger charge is -2.16. The van der Waals surface area contributed by atoms with Gasteiger partial charge in [-0.2, -0.15) is 5.10 Å². The van der Waals surface area contributed by atoms with Gasteiger partial charge in [-0.3, -0.25) is 0 Å². The highest BCUT2D eigenvalue weighted by molar-refractivity contribution is 5.89. The molecule has 0 heterocycles. The number of nitrogens with two attached hydrogens (primary N) is 1. The highest BCUT2D eigenvalue weighted by Crippen LogP contribution is 2.66. The summed E-state index contributed by atoms with van der Waals surface area (Å²) in [6.07, 6.45) is 7.43. The lowest BCUT2D eigenvalue weighted by Crippen LogP contribution is -2.26. The van der Waals surface area contributed by atoms with Crippen molar-refractivity contribution in [2.45, 2.75) is 66.2 Å². The largest absolute Gasteiger partial charge is 0.350 e. The maximum Gasteiger partial charge on any atom is 0.332 e. The summed E-state index contributed by atoms with van der Waals surface area (Å²) in [5.74, 6) is 1.26. The van der Waals surface area contributed by atoms with Crippen molar-refractivity contribution in [1.82, 2.24) is 5.43 Å². The number of carbonyl (C=O) groups excluding carboxylic acids is 1. The summed E-state index contributed by atoms with van der Waals surface area (Å²) >= 11 is 0. The molecule has 3 N–H and O–H groups in total. The number of hydrogen-bond acceptors (Lipinski definition) is 2. The van der Waals surface area contributed by atoms with E-state index in [0.717, 1.165) is 11.6 Å². The van der Waals surface area contributed by atoms with Gasteiger partial charge >= 0.3 is 6.03 Å². The Hall–Kier alpha value is -1.06. The first-order valence-corrected chi connectivity index (χ1v) is 7.63. The number of carbonyl (C=O) groups is 1. The molecule has 1 aliphatic rings. The fourth-order valence-electron chi connectivity index (χ4n) is 4.00. The van der Waals surface area contributed by atoms with Crippen LogP contribution >= 0.6 is 0 Å². The van der Waals surface area contributed by atoms with Gasteiger partial charge in [0.25, 0.3) is 0 Å². The van der Waals surface area contributed by atoms with Crippen molar-refractivity contribution >= 4 is 11.7 Å². The predicted molar refractivity (Wildman–Crippen MR) is 80.0 cm³/mol. The monoisotopic (exact) mass is 267 g/mol. The first kappa shape index (κ1) is 16.0. The van der Waals surface area contributed by atoms with Crippen LogP contribution in [-0.4, -0.2) is 11.7 Å². The molecule has 0 radical (unpaired) electrons. The Kier molecular flexibility index (Phi) is 5.83. The van der Waals surface area contributed by atoms with Crippen molar-refractivity contribution in [3.63, 3.8) is 0 Å². The third kappa shape index (κ3) is 3.48. The minimum absolute atomic E-state index is 0.423. The molecular weight excluding hydrogens is 238 g/mol. The van der Waals surface area contributed by atoms with Crippen LogP contribution in [0.2, 0.25) is 0 Å². The van der Waals surface area contributed by atoms with Gasteiger partial charge in [-0.25, -0.2) is 10.2 Å². The zero-order chi connectivity index (χ0) is 14.5. The summed E-state index contributed by atoms with van der Waals surface area (Å²) < 4.78 is 0. The number of hydrazone groups is 1. The molecule has 0 bridgehead atoms. The molecule has 0 aromatic carbocycles. The van der Waals surface area contributed by atoms with Crippen LogP contribution in [-0.2, 0) is 0 Å². The second-order valence-corrected chi connectivity index (χ2v) is 5.84. The van der Waals surface area contributed by atoms with Crippen LogP contribution in [0.4, 0.5) is 4.79 Å². The third-order valence-electron chi connectivity index (χ3n) is 4.47. The smallest absolute Gasteiger partial charge is 0.332 e. The highest BCUT2D eigenvalue weighted by atomic mass is 16.2. The van der Waals surface area contributed by atoms with E-state index in [9.17, 15) is 4.79 Å². The molecule has 1 saturated carbocycles. The van der Waals surface area contributed by atoms with E-state index >= 15 is 0 Å². The average Bonchev–Trinajstić information content (AvgIpc) is 2.95. The number of nitrogens with one attached hydrogen (secondary N) is 1. The molecule has 2 atom stereocenters. The van der Waals surface area contributed by atoms with E-state index in [1.165, 1.54) is 38.5 Å². The summed E-state index contributed by atoms with van der Waals surface area (Å²) in [5, 5.41) is 4.17. The van der Waals surface area contributed by atoms with Gasteiger partial charge in [0.15, 0.2) is 0 Å². The first-order chi connectivity index (χ1) is 9.03. The van der Waals surface area contributed by atoms with Crippen molar-refractivity contribution < 1.29 is 4.79 Å². The van der Waals surface area contributed by atoms with Gasteiger partial charge in [0.1, 0.15) is 0 Å². The third-order valence-corrected chi connectivity index (χ3v) is 4.47. The number of nitrogens with zero attached hydrogens (tertiary/aromatic N) is 1. The molecule has 0 saturated heterocycles. The van der Waals surface area contributed by atoms with Crippen molar-refractivity contribution in [2.24, 2.45) is 28.1 Å². The van der Waals surface area contributed by atoms with Crippen LogP contribution < -0.4 is 11.2 Å². The molecule has 1 rings (SSSR count). The van der Waals surface area contributed by atoms with E-state index in [-0.39, 0.29) is 0 Å². The van der Waals surface area contributed by atoms with Crippen molar-refractivity contribution in [2.75, 3.05) is 0 Å².